The molecule has 168 valence electrons. The first-order valence-corrected chi connectivity index (χ1v) is 12.1. The molecular formula is C24H27BrN4O2S. The van der Waals surface area contributed by atoms with E-state index in [4.69, 9.17) is 4.74 Å². The Hall–Kier alpha value is -2.58. The number of hydrogen-bond acceptors (Lipinski definition) is 5. The standard InChI is InChI=1S/C24H27BrN4O2S/c1-5-12-29-22(14-31-19-9-6-17(4)7-10-19)27-28-24(29)32-15-23(30)26-21-11-8-18(25)13-20(21)16(2)3/h5-11,13,16H,1,12,14-15H2,2-4H3,(H,26,30). The molecule has 0 aliphatic carbocycles. The lowest BCUT2D eigenvalue weighted by Crippen LogP contribution is -2.16. The van der Waals surface area contributed by atoms with Gasteiger partial charge in [0.15, 0.2) is 11.0 Å². The number of allylic oxidation sites excluding steroid dienone is 1. The summed E-state index contributed by atoms with van der Waals surface area (Å²) in [5, 5.41) is 12.2. The normalized spacial score (nSPS) is 10.9. The molecule has 0 aliphatic heterocycles. The molecule has 0 saturated carbocycles. The summed E-state index contributed by atoms with van der Waals surface area (Å²) in [5.74, 6) is 1.88. The van der Waals surface area contributed by atoms with Crippen molar-refractivity contribution in [2.75, 3.05) is 11.1 Å². The highest BCUT2D eigenvalue weighted by Crippen LogP contribution is 2.28. The van der Waals surface area contributed by atoms with Gasteiger partial charge in [-0.2, -0.15) is 0 Å². The number of thioether (sulfide) groups is 1. The van der Waals surface area contributed by atoms with Crippen molar-refractivity contribution >= 4 is 39.3 Å². The SMILES string of the molecule is C=CCn1c(COc2ccc(C)cc2)nnc1SCC(=O)Nc1ccc(Br)cc1C(C)C. The van der Waals surface area contributed by atoms with Crippen LogP contribution in [0.5, 0.6) is 5.75 Å². The molecule has 0 unspecified atom stereocenters. The van der Waals surface area contributed by atoms with Crippen LogP contribution in [0.3, 0.4) is 0 Å². The third-order valence-electron chi connectivity index (χ3n) is 4.74. The number of halogens is 1. The second-order valence-electron chi connectivity index (χ2n) is 7.62. The number of benzene rings is 2. The molecule has 8 heteroatoms. The van der Waals surface area contributed by atoms with Gasteiger partial charge in [0.2, 0.25) is 5.91 Å². The first kappa shape index (κ1) is 24.1. The quantitative estimate of drug-likeness (QED) is 0.266. The molecule has 0 aliphatic rings. The molecule has 6 nitrogen and oxygen atoms in total. The van der Waals surface area contributed by atoms with Crippen LogP contribution in [0.2, 0.25) is 0 Å². The molecule has 0 spiro atoms. The summed E-state index contributed by atoms with van der Waals surface area (Å²) < 4.78 is 8.75. The van der Waals surface area contributed by atoms with Crippen LogP contribution in [0.1, 0.15) is 36.7 Å². The lowest BCUT2D eigenvalue weighted by atomic mass is 10.0. The maximum Gasteiger partial charge on any atom is 0.234 e. The van der Waals surface area contributed by atoms with Crippen LogP contribution >= 0.6 is 27.7 Å². The fraction of sp³-hybridized carbons (Fsp3) is 0.292. The zero-order valence-electron chi connectivity index (χ0n) is 18.5. The Morgan fingerprint density at radius 1 is 1.25 bits per heavy atom. The van der Waals surface area contributed by atoms with Gasteiger partial charge in [0.1, 0.15) is 12.4 Å². The second-order valence-corrected chi connectivity index (χ2v) is 9.48. The van der Waals surface area contributed by atoms with Crippen LogP contribution in [0, 0.1) is 6.92 Å². The molecule has 1 N–H and O–H groups in total. The van der Waals surface area contributed by atoms with Crippen LogP contribution in [0.25, 0.3) is 0 Å². The first-order valence-electron chi connectivity index (χ1n) is 10.3. The van der Waals surface area contributed by atoms with E-state index in [2.05, 4.69) is 51.9 Å². The number of carbonyl (C=O) groups excluding carboxylic acids is 1. The fourth-order valence-electron chi connectivity index (χ4n) is 3.07. The van der Waals surface area contributed by atoms with E-state index in [1.54, 1.807) is 6.08 Å². The number of hydrogen-bond donors (Lipinski definition) is 1. The molecule has 0 bridgehead atoms. The number of ether oxygens (including phenoxy) is 1. The van der Waals surface area contributed by atoms with Gasteiger partial charge < -0.3 is 10.1 Å². The molecule has 3 aromatic rings. The molecule has 32 heavy (non-hydrogen) atoms. The van der Waals surface area contributed by atoms with Crippen molar-refractivity contribution in [1.29, 1.82) is 0 Å². The number of nitrogens with zero attached hydrogens (tertiary/aromatic N) is 3. The molecule has 1 heterocycles. The van der Waals surface area contributed by atoms with Gasteiger partial charge >= 0.3 is 0 Å². The summed E-state index contributed by atoms with van der Waals surface area (Å²) in [5.41, 5.74) is 3.09. The molecule has 0 atom stereocenters. The van der Waals surface area contributed by atoms with Crippen LogP contribution in [0.4, 0.5) is 5.69 Å². The molecule has 0 radical (unpaired) electrons. The smallest absolute Gasteiger partial charge is 0.234 e. The van der Waals surface area contributed by atoms with Gasteiger partial charge in [0, 0.05) is 16.7 Å². The third kappa shape index (κ3) is 6.46. The largest absolute Gasteiger partial charge is 0.486 e. The summed E-state index contributed by atoms with van der Waals surface area (Å²) in [7, 11) is 0. The van der Waals surface area contributed by atoms with Crippen LogP contribution in [-0.2, 0) is 17.9 Å². The van der Waals surface area contributed by atoms with Crippen molar-refractivity contribution in [3.8, 4) is 5.75 Å². The molecule has 0 fully saturated rings. The van der Waals surface area contributed by atoms with E-state index in [0.29, 0.717) is 23.4 Å². The molecule has 0 saturated heterocycles. The zero-order chi connectivity index (χ0) is 23.1. The van der Waals surface area contributed by atoms with E-state index in [9.17, 15) is 4.79 Å². The van der Waals surface area contributed by atoms with E-state index in [1.807, 2.05) is 54.0 Å². The average molecular weight is 515 g/mol. The monoisotopic (exact) mass is 514 g/mol. The van der Waals surface area contributed by atoms with Crippen molar-refractivity contribution in [2.24, 2.45) is 0 Å². The Morgan fingerprint density at radius 3 is 2.69 bits per heavy atom. The van der Waals surface area contributed by atoms with Gasteiger partial charge in [-0.05, 0) is 48.7 Å². The van der Waals surface area contributed by atoms with Crippen molar-refractivity contribution in [3.05, 3.63) is 76.5 Å². The van der Waals surface area contributed by atoms with Gasteiger partial charge in [-0.15, -0.1) is 16.8 Å². The van der Waals surface area contributed by atoms with Crippen molar-refractivity contribution < 1.29 is 9.53 Å². The maximum absolute atomic E-state index is 12.6. The molecular weight excluding hydrogens is 488 g/mol. The summed E-state index contributed by atoms with van der Waals surface area (Å²) >= 11 is 4.84. The topological polar surface area (TPSA) is 69.0 Å². The van der Waals surface area contributed by atoms with E-state index in [0.717, 1.165) is 21.5 Å². The van der Waals surface area contributed by atoms with Crippen molar-refractivity contribution in [1.82, 2.24) is 14.8 Å². The van der Waals surface area contributed by atoms with Crippen LogP contribution < -0.4 is 10.1 Å². The number of nitrogens with one attached hydrogen (secondary N) is 1. The average Bonchev–Trinajstić information content (AvgIpc) is 3.15. The number of amides is 1. The summed E-state index contributed by atoms with van der Waals surface area (Å²) in [4.78, 5) is 12.6. The van der Waals surface area contributed by atoms with Crippen molar-refractivity contribution in [3.63, 3.8) is 0 Å². The lowest BCUT2D eigenvalue weighted by Gasteiger charge is -2.14. The van der Waals surface area contributed by atoms with Crippen molar-refractivity contribution in [2.45, 2.75) is 45.0 Å². The van der Waals surface area contributed by atoms with Crippen LogP contribution in [-0.4, -0.2) is 26.4 Å². The van der Waals surface area contributed by atoms with E-state index >= 15 is 0 Å². The molecule has 3 rings (SSSR count). The number of carbonyl (C=O) groups is 1. The third-order valence-corrected chi connectivity index (χ3v) is 6.20. The minimum absolute atomic E-state index is 0.0927. The lowest BCUT2D eigenvalue weighted by molar-refractivity contribution is -0.113. The number of aryl methyl sites for hydroxylation is 1. The molecule has 1 amide bonds. The van der Waals surface area contributed by atoms with E-state index in [-0.39, 0.29) is 18.3 Å². The van der Waals surface area contributed by atoms with Crippen LogP contribution in [0.15, 0.2) is 64.7 Å². The summed E-state index contributed by atoms with van der Waals surface area (Å²) in [6, 6.07) is 13.7. The molecule has 1 aromatic heterocycles. The summed E-state index contributed by atoms with van der Waals surface area (Å²) in [6.45, 7) is 10.9. The Morgan fingerprint density at radius 2 is 2.00 bits per heavy atom. The zero-order valence-corrected chi connectivity index (χ0v) is 20.9. The minimum atomic E-state index is -0.0927. The Balaban J connectivity index is 1.64. The number of rotatable bonds is 10. The van der Waals surface area contributed by atoms with Gasteiger partial charge in [0.25, 0.3) is 0 Å². The Kier molecular flexibility index (Phi) is 8.53. The van der Waals surface area contributed by atoms with E-state index in [1.165, 1.54) is 17.3 Å². The highest BCUT2D eigenvalue weighted by molar-refractivity contribution is 9.10. The molecule has 2 aromatic carbocycles. The second kappa shape index (κ2) is 11.3. The predicted octanol–water partition coefficient (Wildman–Crippen LogP) is 5.97. The number of anilines is 1. The fourth-order valence-corrected chi connectivity index (χ4v) is 4.21. The first-order chi connectivity index (χ1) is 15.4. The Labute approximate surface area is 201 Å². The highest BCUT2D eigenvalue weighted by atomic mass is 79.9. The van der Waals surface area contributed by atoms with E-state index < -0.39 is 0 Å². The summed E-state index contributed by atoms with van der Waals surface area (Å²) in [6.07, 6.45) is 1.78. The van der Waals surface area contributed by atoms with Gasteiger partial charge in [-0.3, -0.25) is 9.36 Å². The van der Waals surface area contributed by atoms with Gasteiger partial charge in [0.05, 0.1) is 5.75 Å². The number of aromatic nitrogens is 3. The van der Waals surface area contributed by atoms with Gasteiger partial charge in [-0.1, -0.05) is 65.3 Å². The Bertz CT molecular complexity index is 1080. The van der Waals surface area contributed by atoms with Gasteiger partial charge in [-0.25, -0.2) is 0 Å². The predicted molar refractivity (Wildman–Crippen MR) is 133 cm³/mol. The maximum atomic E-state index is 12.6. The highest BCUT2D eigenvalue weighted by Gasteiger charge is 2.15. The minimum Gasteiger partial charge on any atom is -0.486 e.